The molecule has 2 aliphatic rings. The number of nitrogens with zero attached hydrogens (tertiary/aromatic N) is 1. The quantitative estimate of drug-likeness (QED) is 0.645. The van der Waals surface area contributed by atoms with Gasteiger partial charge in [-0.05, 0) is 37.0 Å². The molecule has 0 bridgehead atoms. The minimum atomic E-state index is -0.553. The van der Waals surface area contributed by atoms with Crippen molar-refractivity contribution in [2.24, 2.45) is 11.3 Å². The molecule has 0 amide bonds. The second-order valence-corrected chi connectivity index (χ2v) is 6.73. The number of rotatable bonds is 6. The molecule has 0 aliphatic heterocycles. The van der Waals surface area contributed by atoms with Crippen molar-refractivity contribution in [1.29, 1.82) is 0 Å². The Bertz CT molecular complexity index is 559. The van der Waals surface area contributed by atoms with Crippen LogP contribution in [0.15, 0.2) is 0 Å². The van der Waals surface area contributed by atoms with Gasteiger partial charge in [-0.2, -0.15) is 0 Å². The van der Waals surface area contributed by atoms with Crippen molar-refractivity contribution in [3.05, 3.63) is 10.6 Å². The van der Waals surface area contributed by atoms with Gasteiger partial charge in [-0.25, -0.2) is 9.78 Å². The number of Topliss-reactive ketones (excluding diaryl/α,β-unsaturated/α-hetero) is 1. The first-order chi connectivity index (χ1) is 9.55. The third-order valence-electron chi connectivity index (χ3n) is 4.25. The Morgan fingerprint density at radius 3 is 2.65 bits per heavy atom. The number of nitrogens with one attached hydrogen (secondary N) is 1. The Kier molecular flexibility index (Phi) is 3.28. The van der Waals surface area contributed by atoms with Crippen LogP contribution in [0.25, 0.3) is 0 Å². The van der Waals surface area contributed by atoms with Crippen LogP contribution in [-0.2, 0) is 4.74 Å². The number of aromatic nitrogens is 1. The Morgan fingerprint density at radius 1 is 1.45 bits per heavy atom. The highest BCUT2D eigenvalue weighted by molar-refractivity contribution is 7.17. The van der Waals surface area contributed by atoms with Crippen molar-refractivity contribution in [1.82, 2.24) is 4.98 Å². The maximum Gasteiger partial charge on any atom is 0.358 e. The number of ketones is 1. The predicted molar refractivity (Wildman–Crippen MR) is 76.3 cm³/mol. The number of ether oxygens (including phenoxy) is 1. The van der Waals surface area contributed by atoms with Gasteiger partial charge in [0.05, 0.1) is 7.11 Å². The SMILES string of the molecule is COC(=O)c1nc(NCC2(C3CC3)CC2)sc1C(C)=O. The second kappa shape index (κ2) is 4.84. The van der Waals surface area contributed by atoms with Gasteiger partial charge >= 0.3 is 5.97 Å². The first-order valence-corrected chi connectivity index (χ1v) is 7.71. The average molecular weight is 294 g/mol. The number of carbonyl (C=O) groups excluding carboxylic acids is 2. The summed E-state index contributed by atoms with van der Waals surface area (Å²) in [4.78, 5) is 27.8. The molecule has 1 N–H and O–H groups in total. The highest BCUT2D eigenvalue weighted by Gasteiger charge is 2.53. The standard InChI is InChI=1S/C14H18N2O3S/c1-8(17)11-10(12(18)19-2)16-13(20-11)15-7-14(5-6-14)9-3-4-9/h9H,3-7H2,1-2H3,(H,15,16). The molecule has 1 aromatic heterocycles. The number of esters is 1. The molecule has 2 fully saturated rings. The number of hydrogen-bond acceptors (Lipinski definition) is 6. The molecule has 3 rings (SSSR count). The van der Waals surface area contributed by atoms with E-state index in [0.29, 0.717) is 15.4 Å². The zero-order chi connectivity index (χ0) is 14.3. The van der Waals surface area contributed by atoms with Gasteiger partial charge in [-0.3, -0.25) is 4.79 Å². The van der Waals surface area contributed by atoms with Crippen molar-refractivity contribution in [3.8, 4) is 0 Å². The first-order valence-electron chi connectivity index (χ1n) is 6.90. The summed E-state index contributed by atoms with van der Waals surface area (Å²) < 4.78 is 4.67. The molecule has 6 heteroatoms. The van der Waals surface area contributed by atoms with E-state index in [1.807, 2.05) is 0 Å². The van der Waals surface area contributed by atoms with E-state index in [0.717, 1.165) is 12.5 Å². The Hall–Kier alpha value is -1.43. The van der Waals surface area contributed by atoms with Gasteiger partial charge < -0.3 is 10.1 Å². The Morgan fingerprint density at radius 2 is 2.15 bits per heavy atom. The normalized spacial score (nSPS) is 19.5. The molecular weight excluding hydrogens is 276 g/mol. The van der Waals surface area contributed by atoms with Gasteiger partial charge in [0, 0.05) is 13.5 Å². The fourth-order valence-electron chi connectivity index (χ4n) is 2.71. The minimum Gasteiger partial charge on any atom is -0.464 e. The average Bonchev–Trinajstić information content (AvgIpc) is 3.32. The van der Waals surface area contributed by atoms with Gasteiger partial charge in [0.2, 0.25) is 0 Å². The van der Waals surface area contributed by atoms with Crippen LogP contribution in [0.1, 0.15) is 52.8 Å². The van der Waals surface area contributed by atoms with Crippen LogP contribution < -0.4 is 5.32 Å². The molecule has 0 aromatic carbocycles. The van der Waals surface area contributed by atoms with Crippen LogP contribution in [0.5, 0.6) is 0 Å². The van der Waals surface area contributed by atoms with Gasteiger partial charge in [-0.1, -0.05) is 11.3 Å². The predicted octanol–water partition coefficient (Wildman–Crippen LogP) is 2.73. The van der Waals surface area contributed by atoms with E-state index in [1.54, 1.807) is 0 Å². The van der Waals surface area contributed by atoms with Gasteiger partial charge in [-0.15, -0.1) is 0 Å². The lowest BCUT2D eigenvalue weighted by Gasteiger charge is -2.13. The van der Waals surface area contributed by atoms with Gasteiger partial charge in [0.15, 0.2) is 16.6 Å². The molecule has 1 heterocycles. The summed E-state index contributed by atoms with van der Waals surface area (Å²) in [6.45, 7) is 2.33. The summed E-state index contributed by atoms with van der Waals surface area (Å²) in [5, 5.41) is 3.95. The third-order valence-corrected chi connectivity index (χ3v) is 5.37. The van der Waals surface area contributed by atoms with Crippen LogP contribution in [-0.4, -0.2) is 30.4 Å². The fraction of sp³-hybridized carbons (Fsp3) is 0.643. The molecule has 5 nitrogen and oxygen atoms in total. The molecule has 1 aromatic rings. The largest absolute Gasteiger partial charge is 0.464 e. The second-order valence-electron chi connectivity index (χ2n) is 5.73. The van der Waals surface area contributed by atoms with Crippen LogP contribution in [0, 0.1) is 11.3 Å². The molecule has 2 aliphatic carbocycles. The van der Waals surface area contributed by atoms with E-state index < -0.39 is 5.97 Å². The van der Waals surface area contributed by atoms with Crippen molar-refractivity contribution in [2.75, 3.05) is 19.0 Å². The van der Waals surface area contributed by atoms with Crippen LogP contribution in [0.3, 0.4) is 0 Å². The lowest BCUT2D eigenvalue weighted by atomic mass is 10.0. The molecule has 20 heavy (non-hydrogen) atoms. The summed E-state index contributed by atoms with van der Waals surface area (Å²) in [5.74, 6) is 0.157. The lowest BCUT2D eigenvalue weighted by molar-refractivity contribution is 0.0591. The Balaban J connectivity index is 1.73. The Labute approximate surface area is 121 Å². The number of methoxy groups -OCH3 is 1. The zero-order valence-corrected chi connectivity index (χ0v) is 12.5. The minimum absolute atomic E-state index is 0.128. The molecule has 0 spiro atoms. The number of hydrogen-bond donors (Lipinski definition) is 1. The highest BCUT2D eigenvalue weighted by Crippen LogP contribution is 2.61. The molecule has 0 unspecified atom stereocenters. The summed E-state index contributed by atoms with van der Waals surface area (Å²) in [6, 6.07) is 0. The van der Waals surface area contributed by atoms with Crippen LogP contribution >= 0.6 is 11.3 Å². The van der Waals surface area contributed by atoms with E-state index in [1.165, 1.54) is 51.1 Å². The molecular formula is C14H18N2O3S. The topological polar surface area (TPSA) is 68.3 Å². The van der Waals surface area contributed by atoms with Gasteiger partial charge in [0.1, 0.15) is 4.88 Å². The van der Waals surface area contributed by atoms with E-state index in [9.17, 15) is 9.59 Å². The van der Waals surface area contributed by atoms with Crippen molar-refractivity contribution in [2.45, 2.75) is 32.6 Å². The number of carbonyl (C=O) groups is 2. The maximum atomic E-state index is 11.6. The summed E-state index contributed by atoms with van der Waals surface area (Å²) in [7, 11) is 1.30. The molecule has 0 radical (unpaired) electrons. The summed E-state index contributed by atoms with van der Waals surface area (Å²) >= 11 is 1.24. The summed E-state index contributed by atoms with van der Waals surface area (Å²) in [6.07, 6.45) is 5.23. The van der Waals surface area contributed by atoms with E-state index in [4.69, 9.17) is 0 Å². The first kappa shape index (κ1) is 13.5. The summed E-state index contributed by atoms with van der Waals surface area (Å²) in [5.41, 5.74) is 0.580. The van der Waals surface area contributed by atoms with E-state index in [-0.39, 0.29) is 11.5 Å². The molecule has 0 atom stereocenters. The fourth-order valence-corrected chi connectivity index (χ4v) is 3.55. The van der Waals surface area contributed by atoms with Gasteiger partial charge in [0.25, 0.3) is 0 Å². The zero-order valence-electron chi connectivity index (χ0n) is 11.7. The van der Waals surface area contributed by atoms with E-state index >= 15 is 0 Å². The number of thiazole rings is 1. The molecule has 2 saturated carbocycles. The van der Waals surface area contributed by atoms with Crippen LogP contribution in [0.4, 0.5) is 5.13 Å². The van der Waals surface area contributed by atoms with Crippen molar-refractivity contribution in [3.63, 3.8) is 0 Å². The molecule has 0 saturated heterocycles. The smallest absolute Gasteiger partial charge is 0.358 e. The van der Waals surface area contributed by atoms with Crippen molar-refractivity contribution >= 4 is 28.2 Å². The number of anilines is 1. The third kappa shape index (κ3) is 2.44. The lowest BCUT2D eigenvalue weighted by Crippen LogP contribution is -2.17. The van der Waals surface area contributed by atoms with Crippen molar-refractivity contribution < 1.29 is 14.3 Å². The monoisotopic (exact) mass is 294 g/mol. The van der Waals surface area contributed by atoms with E-state index in [2.05, 4.69) is 15.0 Å². The highest BCUT2D eigenvalue weighted by atomic mass is 32.1. The molecule has 108 valence electrons. The maximum absolute atomic E-state index is 11.6. The van der Waals surface area contributed by atoms with Crippen LogP contribution in [0.2, 0.25) is 0 Å².